The predicted octanol–water partition coefficient (Wildman–Crippen LogP) is 5.75. The number of fused-ring (bicyclic) bond motifs is 1. The third-order valence-corrected chi connectivity index (χ3v) is 7.84. The Hall–Kier alpha value is -2.86. The second-order valence-corrected chi connectivity index (χ2v) is 10.9. The van der Waals surface area contributed by atoms with Gasteiger partial charge in [-0.05, 0) is 72.1 Å². The third-order valence-electron chi connectivity index (χ3n) is 6.12. The molecule has 38 heavy (non-hydrogen) atoms. The number of amides is 2. The minimum absolute atomic E-state index is 0. The SMILES string of the molecule is CC(C)N1CCc2nc(C(=O)Nc3cc(C(=O)O)ccc3CCC(=O)Nc3ccc(Br)c(F)c3)sc2C1.Cl. The van der Waals surface area contributed by atoms with Crippen molar-refractivity contribution in [2.45, 2.75) is 45.7 Å². The fraction of sp³-hybridized carbons (Fsp3) is 0.308. The lowest BCUT2D eigenvalue weighted by Gasteiger charge is -2.29. The van der Waals surface area contributed by atoms with Gasteiger partial charge in [-0.3, -0.25) is 14.5 Å². The average Bonchev–Trinajstić information content (AvgIpc) is 3.29. The lowest BCUT2D eigenvalue weighted by molar-refractivity contribution is -0.116. The molecule has 0 aliphatic carbocycles. The molecular weight excluding hydrogens is 599 g/mol. The smallest absolute Gasteiger partial charge is 0.335 e. The number of anilines is 2. The molecule has 0 unspecified atom stereocenters. The Kier molecular flexibility index (Phi) is 10.00. The first-order valence-electron chi connectivity index (χ1n) is 11.8. The van der Waals surface area contributed by atoms with E-state index in [2.05, 4.69) is 50.3 Å². The van der Waals surface area contributed by atoms with E-state index in [-0.39, 0.29) is 36.7 Å². The first kappa shape index (κ1) is 29.7. The standard InChI is InChI=1S/C26H26BrFN4O4S.ClH/c1-14(2)32-10-9-20-22(13-32)37-25(31-20)24(34)30-21-11-16(26(35)36)4-3-15(21)5-8-23(33)29-17-6-7-18(27)19(28)12-17;/h3-4,6-7,11-12,14H,5,8-10,13H2,1-2H3,(H,29,33)(H,30,34)(H,35,36);1H. The van der Waals surface area contributed by atoms with Crippen LogP contribution in [0.3, 0.4) is 0 Å². The molecule has 0 atom stereocenters. The quantitative estimate of drug-likeness (QED) is 0.294. The van der Waals surface area contributed by atoms with Crippen LogP contribution in [0.1, 0.15) is 56.6 Å². The maximum atomic E-state index is 13.7. The Morgan fingerprint density at radius 1 is 1.18 bits per heavy atom. The fourth-order valence-electron chi connectivity index (χ4n) is 4.02. The number of nitrogens with zero attached hydrogens (tertiary/aromatic N) is 2. The van der Waals surface area contributed by atoms with Gasteiger partial charge in [0, 0.05) is 48.2 Å². The highest BCUT2D eigenvalue weighted by atomic mass is 79.9. The Morgan fingerprint density at radius 2 is 1.95 bits per heavy atom. The molecule has 2 heterocycles. The molecule has 3 aromatic rings. The van der Waals surface area contributed by atoms with Crippen LogP contribution in [0, 0.1) is 5.82 Å². The number of carboxylic acid groups (broad SMARTS) is 1. The fourth-order valence-corrected chi connectivity index (χ4v) is 5.29. The van der Waals surface area contributed by atoms with Crippen LogP contribution in [0.2, 0.25) is 0 Å². The van der Waals surface area contributed by atoms with Crippen molar-refractivity contribution >= 4 is 68.8 Å². The van der Waals surface area contributed by atoms with E-state index in [0.29, 0.717) is 32.5 Å². The monoisotopic (exact) mass is 624 g/mol. The number of rotatable bonds is 8. The molecule has 2 aromatic carbocycles. The van der Waals surface area contributed by atoms with Gasteiger partial charge in [0.05, 0.1) is 15.7 Å². The summed E-state index contributed by atoms with van der Waals surface area (Å²) >= 11 is 4.41. The number of carbonyl (C=O) groups excluding carboxylic acids is 2. The second kappa shape index (κ2) is 12.8. The molecule has 0 radical (unpaired) electrons. The largest absolute Gasteiger partial charge is 0.478 e. The summed E-state index contributed by atoms with van der Waals surface area (Å²) in [5.41, 5.74) is 2.17. The summed E-state index contributed by atoms with van der Waals surface area (Å²) in [5, 5.41) is 15.2. The molecule has 2 amide bonds. The van der Waals surface area contributed by atoms with E-state index in [1.165, 1.54) is 35.6 Å². The minimum Gasteiger partial charge on any atom is -0.478 e. The number of aromatic nitrogens is 1. The topological polar surface area (TPSA) is 112 Å². The van der Waals surface area contributed by atoms with Gasteiger partial charge in [0.2, 0.25) is 5.91 Å². The van der Waals surface area contributed by atoms with Crippen LogP contribution in [-0.2, 0) is 24.2 Å². The van der Waals surface area contributed by atoms with Crippen LogP contribution >= 0.6 is 39.7 Å². The van der Waals surface area contributed by atoms with Gasteiger partial charge in [-0.2, -0.15) is 0 Å². The van der Waals surface area contributed by atoms with E-state index >= 15 is 0 Å². The zero-order chi connectivity index (χ0) is 26.7. The number of benzene rings is 2. The first-order valence-corrected chi connectivity index (χ1v) is 13.4. The van der Waals surface area contributed by atoms with Gasteiger partial charge in [0.15, 0.2) is 5.01 Å². The summed E-state index contributed by atoms with van der Waals surface area (Å²) in [4.78, 5) is 45.0. The van der Waals surface area contributed by atoms with Crippen LogP contribution in [0.5, 0.6) is 0 Å². The molecule has 0 saturated carbocycles. The van der Waals surface area contributed by atoms with Crippen molar-refractivity contribution in [2.75, 3.05) is 17.2 Å². The van der Waals surface area contributed by atoms with Gasteiger partial charge in [-0.15, -0.1) is 23.7 Å². The molecule has 1 aliphatic rings. The highest BCUT2D eigenvalue weighted by Gasteiger charge is 2.25. The summed E-state index contributed by atoms with van der Waals surface area (Å²) in [6, 6.07) is 9.08. The van der Waals surface area contributed by atoms with Gasteiger partial charge in [-0.1, -0.05) is 6.07 Å². The van der Waals surface area contributed by atoms with Gasteiger partial charge in [-0.25, -0.2) is 14.2 Å². The molecule has 12 heteroatoms. The average molecular weight is 626 g/mol. The summed E-state index contributed by atoms with van der Waals surface area (Å²) in [6.07, 6.45) is 1.05. The Bertz CT molecular complexity index is 1370. The van der Waals surface area contributed by atoms with E-state index in [0.717, 1.165) is 30.1 Å². The van der Waals surface area contributed by atoms with Crippen LogP contribution in [0.25, 0.3) is 0 Å². The van der Waals surface area contributed by atoms with E-state index in [1.54, 1.807) is 12.1 Å². The van der Waals surface area contributed by atoms with Gasteiger partial charge >= 0.3 is 5.97 Å². The number of nitrogens with one attached hydrogen (secondary N) is 2. The number of carboxylic acids is 1. The minimum atomic E-state index is -1.13. The molecule has 0 fully saturated rings. The van der Waals surface area contributed by atoms with Gasteiger partial charge < -0.3 is 15.7 Å². The van der Waals surface area contributed by atoms with Crippen molar-refractivity contribution in [3.63, 3.8) is 0 Å². The maximum absolute atomic E-state index is 13.7. The molecule has 0 spiro atoms. The molecule has 4 rings (SSSR count). The van der Waals surface area contributed by atoms with Crippen molar-refractivity contribution in [1.29, 1.82) is 0 Å². The molecule has 1 aliphatic heterocycles. The molecule has 1 aromatic heterocycles. The van der Waals surface area contributed by atoms with Crippen LogP contribution < -0.4 is 10.6 Å². The summed E-state index contributed by atoms with van der Waals surface area (Å²) in [6.45, 7) is 5.90. The van der Waals surface area contributed by atoms with Crippen LogP contribution in [-0.4, -0.2) is 45.4 Å². The second-order valence-electron chi connectivity index (χ2n) is 9.01. The number of halogens is 3. The third kappa shape index (κ3) is 7.16. The zero-order valence-electron chi connectivity index (χ0n) is 20.7. The molecule has 8 nitrogen and oxygen atoms in total. The maximum Gasteiger partial charge on any atom is 0.335 e. The summed E-state index contributed by atoms with van der Waals surface area (Å²) < 4.78 is 14.0. The number of hydrogen-bond donors (Lipinski definition) is 3. The van der Waals surface area contributed by atoms with E-state index in [1.807, 2.05) is 0 Å². The van der Waals surface area contributed by atoms with Crippen LogP contribution in [0.15, 0.2) is 40.9 Å². The van der Waals surface area contributed by atoms with E-state index < -0.39 is 17.7 Å². The van der Waals surface area contributed by atoms with E-state index in [4.69, 9.17) is 0 Å². The lowest BCUT2D eigenvalue weighted by atomic mass is 10.0. The van der Waals surface area contributed by atoms with Gasteiger partial charge in [0.25, 0.3) is 5.91 Å². The number of hydrogen-bond acceptors (Lipinski definition) is 6. The molecule has 202 valence electrons. The molecule has 0 bridgehead atoms. The van der Waals surface area contributed by atoms with E-state index in [9.17, 15) is 23.9 Å². The first-order chi connectivity index (χ1) is 17.6. The van der Waals surface area contributed by atoms with Crippen molar-refractivity contribution < 1.29 is 23.9 Å². The Labute approximate surface area is 238 Å². The zero-order valence-corrected chi connectivity index (χ0v) is 23.9. The predicted molar refractivity (Wildman–Crippen MR) is 151 cm³/mol. The Morgan fingerprint density at radius 3 is 2.63 bits per heavy atom. The Balaban J connectivity index is 0.00000400. The summed E-state index contributed by atoms with van der Waals surface area (Å²) in [5.74, 6) is -2.39. The highest BCUT2D eigenvalue weighted by molar-refractivity contribution is 9.10. The number of aromatic carboxylic acids is 1. The van der Waals surface area contributed by atoms with Crippen molar-refractivity contribution in [1.82, 2.24) is 9.88 Å². The normalized spacial score (nSPS) is 13.0. The van der Waals surface area contributed by atoms with Gasteiger partial charge in [0.1, 0.15) is 5.82 Å². The van der Waals surface area contributed by atoms with Crippen LogP contribution in [0.4, 0.5) is 15.8 Å². The van der Waals surface area contributed by atoms with Crippen molar-refractivity contribution in [2.24, 2.45) is 0 Å². The van der Waals surface area contributed by atoms with Crippen molar-refractivity contribution in [3.8, 4) is 0 Å². The molecule has 0 saturated heterocycles. The number of carbonyl (C=O) groups is 3. The number of thiazole rings is 1. The lowest BCUT2D eigenvalue weighted by Crippen LogP contribution is -2.35. The summed E-state index contributed by atoms with van der Waals surface area (Å²) in [7, 11) is 0. The molecular formula is C26H27BrClFN4O4S. The van der Waals surface area contributed by atoms with Crippen molar-refractivity contribution in [3.05, 3.63) is 73.4 Å². The highest BCUT2D eigenvalue weighted by Crippen LogP contribution is 2.28. The molecule has 3 N–H and O–H groups in total. The number of aryl methyl sites for hydroxylation is 1.